The van der Waals surface area contributed by atoms with Gasteiger partial charge < -0.3 is 10.1 Å². The van der Waals surface area contributed by atoms with Gasteiger partial charge in [-0.05, 0) is 50.7 Å². The van der Waals surface area contributed by atoms with Crippen LogP contribution in [0.5, 0.6) is 0 Å². The molecular weight excluding hydrogens is 468 g/mol. The topological polar surface area (TPSA) is 115 Å². The predicted molar refractivity (Wildman–Crippen MR) is 138 cm³/mol. The fourth-order valence-corrected chi connectivity index (χ4v) is 5.53. The molecular formula is C28H32N6O3. The van der Waals surface area contributed by atoms with Crippen LogP contribution in [0.3, 0.4) is 0 Å². The molecule has 9 nitrogen and oxygen atoms in total. The molecule has 1 aliphatic heterocycles. The number of ether oxygens (including phenoxy) is 1. The second kappa shape index (κ2) is 10.7. The number of carbonyl (C=O) groups is 2. The van der Waals surface area contributed by atoms with Gasteiger partial charge in [-0.2, -0.15) is 15.5 Å². The van der Waals surface area contributed by atoms with Gasteiger partial charge in [-0.15, -0.1) is 0 Å². The summed E-state index contributed by atoms with van der Waals surface area (Å²) in [6, 6.07) is 11.7. The lowest BCUT2D eigenvalue weighted by Gasteiger charge is -2.29. The predicted octanol–water partition coefficient (Wildman–Crippen LogP) is 4.79. The monoisotopic (exact) mass is 500 g/mol. The van der Waals surface area contributed by atoms with E-state index in [4.69, 9.17) is 4.74 Å². The summed E-state index contributed by atoms with van der Waals surface area (Å²) < 4.78 is 9.41. The first-order valence-corrected chi connectivity index (χ1v) is 13.0. The van der Waals surface area contributed by atoms with E-state index in [0.717, 1.165) is 55.7 Å². The van der Waals surface area contributed by atoms with E-state index in [1.807, 2.05) is 48.0 Å². The summed E-state index contributed by atoms with van der Waals surface area (Å²) >= 11 is 0. The standard InChI is InChI=1S/C28H32N6O3/c1-18-15-25(34(31-18)26-9-5-6-14-37-26)19-10-12-20(13-11-19)27(35)21-7-3-4-8-22(21)28(36)30-24-17-33(2)32-23(24)16-29/h10-13,15,17,21-22,26H,3-9,14H2,1-2H3,(H,30,36)/t21-,22-,26?/m0/s1. The Bertz CT molecular complexity index is 1330. The number of ketones is 1. The molecule has 192 valence electrons. The summed E-state index contributed by atoms with van der Waals surface area (Å²) in [5, 5.41) is 20.9. The molecule has 1 amide bonds. The van der Waals surface area contributed by atoms with Gasteiger partial charge >= 0.3 is 0 Å². The normalized spacial score (nSPS) is 21.8. The maximum Gasteiger partial charge on any atom is 0.228 e. The first-order valence-electron chi connectivity index (χ1n) is 13.0. The Morgan fingerprint density at radius 3 is 2.49 bits per heavy atom. The molecule has 3 atom stereocenters. The van der Waals surface area contributed by atoms with Crippen LogP contribution < -0.4 is 5.32 Å². The zero-order valence-electron chi connectivity index (χ0n) is 21.3. The van der Waals surface area contributed by atoms with Gasteiger partial charge in [0.25, 0.3) is 0 Å². The highest BCUT2D eigenvalue weighted by Crippen LogP contribution is 2.35. The molecule has 37 heavy (non-hydrogen) atoms. The van der Waals surface area contributed by atoms with Crippen LogP contribution >= 0.6 is 0 Å². The van der Waals surface area contributed by atoms with E-state index in [-0.39, 0.29) is 23.6 Å². The Morgan fingerprint density at radius 1 is 1.05 bits per heavy atom. The van der Waals surface area contributed by atoms with Crippen LogP contribution in [0, 0.1) is 30.1 Å². The average molecular weight is 501 g/mol. The molecule has 0 bridgehead atoms. The van der Waals surface area contributed by atoms with Gasteiger partial charge in [0.1, 0.15) is 6.07 Å². The number of hydrogen-bond donors (Lipinski definition) is 1. The van der Waals surface area contributed by atoms with Crippen molar-refractivity contribution in [2.45, 2.75) is 58.1 Å². The number of aromatic nitrogens is 4. The molecule has 3 aromatic rings. The van der Waals surface area contributed by atoms with Crippen LogP contribution in [-0.2, 0) is 16.6 Å². The lowest BCUT2D eigenvalue weighted by atomic mass is 9.75. The SMILES string of the molecule is Cc1cc(-c2ccc(C(=O)[C@H]3CCCC[C@@H]3C(=O)Nc3cn(C)nc3C#N)cc2)n(C2CCCCO2)n1. The second-order valence-corrected chi connectivity index (χ2v) is 10.0. The van der Waals surface area contributed by atoms with Crippen LogP contribution in [0.2, 0.25) is 0 Å². The second-order valence-electron chi connectivity index (χ2n) is 10.0. The summed E-state index contributed by atoms with van der Waals surface area (Å²) in [5.41, 5.74) is 4.02. The van der Waals surface area contributed by atoms with Gasteiger partial charge in [0.2, 0.25) is 5.91 Å². The number of anilines is 1. The molecule has 1 saturated heterocycles. The number of Topliss-reactive ketones (excluding diaryl/α,β-unsaturated/α-hetero) is 1. The van der Waals surface area contributed by atoms with E-state index in [2.05, 4.69) is 15.5 Å². The zero-order valence-corrected chi connectivity index (χ0v) is 21.3. The Morgan fingerprint density at radius 2 is 1.78 bits per heavy atom. The summed E-state index contributed by atoms with van der Waals surface area (Å²) in [7, 11) is 1.70. The number of hydrogen-bond acceptors (Lipinski definition) is 6. The molecule has 9 heteroatoms. The number of amides is 1. The van der Waals surface area contributed by atoms with Crippen LogP contribution in [0.15, 0.2) is 36.5 Å². The van der Waals surface area contributed by atoms with Gasteiger partial charge in [0, 0.05) is 37.3 Å². The Balaban J connectivity index is 1.34. The summed E-state index contributed by atoms with van der Waals surface area (Å²) in [5.74, 6) is -1.09. The molecule has 0 spiro atoms. The van der Waals surface area contributed by atoms with Crippen LogP contribution in [0.4, 0.5) is 5.69 Å². The lowest BCUT2D eigenvalue weighted by Crippen LogP contribution is -2.36. The minimum atomic E-state index is -0.444. The highest BCUT2D eigenvalue weighted by atomic mass is 16.5. The van der Waals surface area contributed by atoms with E-state index in [1.165, 1.54) is 4.68 Å². The number of carbonyl (C=O) groups excluding carboxylic acids is 2. The average Bonchev–Trinajstić information content (AvgIpc) is 3.50. The minimum absolute atomic E-state index is 0.0154. The van der Waals surface area contributed by atoms with Crippen LogP contribution in [0.25, 0.3) is 11.3 Å². The van der Waals surface area contributed by atoms with Crippen molar-refractivity contribution in [2.75, 3.05) is 11.9 Å². The van der Waals surface area contributed by atoms with Gasteiger partial charge in [-0.3, -0.25) is 14.3 Å². The van der Waals surface area contributed by atoms with Crippen molar-refractivity contribution in [1.82, 2.24) is 19.6 Å². The van der Waals surface area contributed by atoms with Gasteiger partial charge in [-0.1, -0.05) is 37.1 Å². The molecule has 2 aromatic heterocycles. The van der Waals surface area contributed by atoms with E-state index in [9.17, 15) is 14.9 Å². The van der Waals surface area contributed by atoms with Crippen molar-refractivity contribution in [3.05, 3.63) is 53.5 Å². The third-order valence-electron chi connectivity index (χ3n) is 7.38. The van der Waals surface area contributed by atoms with Crippen molar-refractivity contribution in [1.29, 1.82) is 5.26 Å². The molecule has 1 saturated carbocycles. The molecule has 0 radical (unpaired) electrons. The maximum absolute atomic E-state index is 13.6. The van der Waals surface area contributed by atoms with E-state index >= 15 is 0 Å². The van der Waals surface area contributed by atoms with Crippen molar-refractivity contribution >= 4 is 17.4 Å². The number of nitrogens with one attached hydrogen (secondary N) is 1. The highest BCUT2D eigenvalue weighted by Gasteiger charge is 2.36. The Kier molecular flexibility index (Phi) is 7.19. The first-order chi connectivity index (χ1) is 17.9. The van der Waals surface area contributed by atoms with E-state index < -0.39 is 11.8 Å². The number of nitriles is 1. The molecule has 3 heterocycles. The fourth-order valence-electron chi connectivity index (χ4n) is 5.53. The van der Waals surface area contributed by atoms with Gasteiger partial charge in [0.05, 0.1) is 17.1 Å². The molecule has 1 unspecified atom stereocenters. The lowest BCUT2D eigenvalue weighted by molar-refractivity contribution is -0.122. The van der Waals surface area contributed by atoms with Crippen LogP contribution in [0.1, 0.15) is 72.9 Å². The van der Waals surface area contributed by atoms with Crippen molar-refractivity contribution in [2.24, 2.45) is 18.9 Å². The summed E-state index contributed by atoms with van der Waals surface area (Å²) in [6.45, 7) is 2.71. The minimum Gasteiger partial charge on any atom is -0.356 e. The third-order valence-corrected chi connectivity index (χ3v) is 7.38. The first kappa shape index (κ1) is 24.9. The molecule has 1 N–H and O–H groups in total. The van der Waals surface area contributed by atoms with E-state index in [0.29, 0.717) is 24.1 Å². The van der Waals surface area contributed by atoms with Crippen molar-refractivity contribution in [3.8, 4) is 17.3 Å². The quantitative estimate of drug-likeness (QED) is 0.487. The van der Waals surface area contributed by atoms with Crippen LogP contribution in [-0.4, -0.2) is 37.9 Å². The number of nitrogens with zero attached hydrogens (tertiary/aromatic N) is 5. The van der Waals surface area contributed by atoms with Gasteiger partial charge in [-0.25, -0.2) is 4.68 Å². The summed E-state index contributed by atoms with van der Waals surface area (Å²) in [4.78, 5) is 26.8. The smallest absolute Gasteiger partial charge is 0.228 e. The fraction of sp³-hybridized carbons (Fsp3) is 0.464. The largest absolute Gasteiger partial charge is 0.356 e. The Hall–Kier alpha value is -3.77. The molecule has 1 aromatic carbocycles. The number of benzene rings is 1. The zero-order chi connectivity index (χ0) is 25.9. The van der Waals surface area contributed by atoms with Crippen molar-refractivity contribution in [3.63, 3.8) is 0 Å². The Labute approximate surface area is 216 Å². The molecule has 2 fully saturated rings. The number of aryl methyl sites for hydroxylation is 2. The molecule has 2 aliphatic rings. The van der Waals surface area contributed by atoms with Gasteiger partial charge in [0.15, 0.2) is 17.7 Å². The highest BCUT2D eigenvalue weighted by molar-refractivity contribution is 6.03. The maximum atomic E-state index is 13.6. The van der Waals surface area contributed by atoms with Crippen molar-refractivity contribution < 1.29 is 14.3 Å². The number of rotatable bonds is 6. The third kappa shape index (κ3) is 5.20. The molecule has 5 rings (SSSR count). The van der Waals surface area contributed by atoms with E-state index in [1.54, 1.807) is 13.2 Å². The summed E-state index contributed by atoms with van der Waals surface area (Å²) in [6.07, 6.45) is 7.78. The molecule has 1 aliphatic carbocycles.